The average molecular weight is 360 g/mol. The van der Waals surface area contributed by atoms with Crippen LogP contribution in [0.5, 0.6) is 0 Å². The molecule has 136 valence electrons. The number of imidazole rings is 1. The van der Waals surface area contributed by atoms with Crippen LogP contribution in [0.1, 0.15) is 30.7 Å². The summed E-state index contributed by atoms with van der Waals surface area (Å²) in [5.41, 5.74) is 3.93. The fourth-order valence-corrected chi connectivity index (χ4v) is 4.28. The molecule has 0 unspecified atom stereocenters. The Morgan fingerprint density at radius 3 is 2.59 bits per heavy atom. The Morgan fingerprint density at radius 1 is 1.04 bits per heavy atom. The summed E-state index contributed by atoms with van der Waals surface area (Å²) in [6.07, 6.45) is 5.00. The highest BCUT2D eigenvalue weighted by molar-refractivity contribution is 5.83. The lowest BCUT2D eigenvalue weighted by Crippen LogP contribution is -2.41. The summed E-state index contributed by atoms with van der Waals surface area (Å²) >= 11 is 0. The van der Waals surface area contributed by atoms with E-state index in [1.165, 1.54) is 25.3 Å². The molecule has 0 N–H and O–H groups in total. The zero-order valence-corrected chi connectivity index (χ0v) is 15.2. The minimum absolute atomic E-state index is 0.0779. The summed E-state index contributed by atoms with van der Waals surface area (Å²) in [4.78, 5) is 7.46. The van der Waals surface area contributed by atoms with Gasteiger partial charge in [-0.25, -0.2) is 9.37 Å². The molecule has 1 aliphatic heterocycles. The molecule has 1 aromatic heterocycles. The van der Waals surface area contributed by atoms with Gasteiger partial charge in [0.05, 0.1) is 16.6 Å². The fraction of sp³-hybridized carbons (Fsp3) is 0.364. The van der Waals surface area contributed by atoms with Crippen LogP contribution in [0.4, 0.5) is 4.39 Å². The zero-order chi connectivity index (χ0) is 18.4. The van der Waals surface area contributed by atoms with Gasteiger partial charge in [0.15, 0.2) is 0 Å². The van der Waals surface area contributed by atoms with Crippen molar-refractivity contribution in [3.63, 3.8) is 0 Å². The molecule has 1 fully saturated rings. The van der Waals surface area contributed by atoms with Crippen molar-refractivity contribution >= 4 is 11.0 Å². The van der Waals surface area contributed by atoms with E-state index in [-0.39, 0.29) is 5.56 Å². The highest BCUT2D eigenvalue weighted by atomic mass is 19.1. The van der Waals surface area contributed by atoms with Gasteiger partial charge in [-0.15, -0.1) is 0 Å². The van der Waals surface area contributed by atoms with E-state index in [0.717, 1.165) is 60.1 Å². The molecule has 0 radical (unpaired) electrons. The number of hydrogen-bond acceptors (Lipinski definition) is 3. The second-order valence-electron chi connectivity index (χ2n) is 7.56. The van der Waals surface area contributed by atoms with E-state index in [0.29, 0.717) is 0 Å². The van der Waals surface area contributed by atoms with Gasteiger partial charge in [0.1, 0.15) is 17.7 Å². The average Bonchev–Trinajstić information content (AvgIpc) is 2.86. The van der Waals surface area contributed by atoms with Crippen LogP contribution in [0.25, 0.3) is 22.2 Å². The van der Waals surface area contributed by atoms with Gasteiger partial charge in [-0.2, -0.15) is 5.26 Å². The van der Waals surface area contributed by atoms with Crippen molar-refractivity contribution in [1.29, 1.82) is 5.26 Å². The molecule has 5 rings (SSSR count). The first-order valence-corrected chi connectivity index (χ1v) is 9.66. The first kappa shape index (κ1) is 16.5. The number of fused-ring (bicyclic) bond motifs is 3. The largest absolute Gasteiger partial charge is 0.327 e. The molecule has 3 aromatic rings. The Bertz CT molecular complexity index is 1060. The van der Waals surface area contributed by atoms with Crippen molar-refractivity contribution in [2.75, 3.05) is 13.1 Å². The maximum Gasteiger partial charge on any atom is 0.141 e. The standard InChI is InChI=1S/C22H21FN4/c23-19-12-15(4-5-17(19)14-24)16-6-7-20-21(13-16)27-11-10-26(18-2-1-3-18)9-8-22(27)25-20/h4-7,12-13,18H,1-3,8-11H2. The second kappa shape index (κ2) is 6.47. The molecule has 2 aliphatic rings. The molecule has 2 aromatic carbocycles. The summed E-state index contributed by atoms with van der Waals surface area (Å²) in [6.45, 7) is 3.11. The molecular formula is C22H21FN4. The Kier molecular flexibility index (Phi) is 3.95. The van der Waals surface area contributed by atoms with Gasteiger partial charge in [-0.1, -0.05) is 18.6 Å². The lowest BCUT2D eigenvalue weighted by molar-refractivity contribution is 0.130. The van der Waals surface area contributed by atoms with Crippen molar-refractivity contribution in [3.8, 4) is 17.2 Å². The SMILES string of the molecule is N#Cc1ccc(-c2ccc3nc4n(c3c2)CCN(C2CCC2)CC4)cc1F. The zero-order valence-electron chi connectivity index (χ0n) is 15.2. The van der Waals surface area contributed by atoms with Gasteiger partial charge in [-0.3, -0.25) is 4.90 Å². The smallest absolute Gasteiger partial charge is 0.141 e. The summed E-state index contributed by atoms with van der Waals surface area (Å²) in [5.74, 6) is 0.674. The number of nitrogens with zero attached hydrogens (tertiary/aromatic N) is 4. The number of benzene rings is 2. The number of rotatable bonds is 2. The van der Waals surface area contributed by atoms with Gasteiger partial charge < -0.3 is 4.57 Å². The van der Waals surface area contributed by atoms with Gasteiger partial charge in [0.2, 0.25) is 0 Å². The van der Waals surface area contributed by atoms with E-state index in [4.69, 9.17) is 10.2 Å². The van der Waals surface area contributed by atoms with E-state index in [1.54, 1.807) is 12.1 Å². The minimum atomic E-state index is -0.474. The van der Waals surface area contributed by atoms with Crippen molar-refractivity contribution in [1.82, 2.24) is 14.5 Å². The molecule has 1 saturated carbocycles. The van der Waals surface area contributed by atoms with Crippen LogP contribution < -0.4 is 0 Å². The van der Waals surface area contributed by atoms with Crippen LogP contribution in [-0.2, 0) is 13.0 Å². The molecule has 0 bridgehead atoms. The number of halogens is 1. The Balaban J connectivity index is 1.50. The van der Waals surface area contributed by atoms with E-state index in [9.17, 15) is 4.39 Å². The molecule has 27 heavy (non-hydrogen) atoms. The Morgan fingerprint density at radius 2 is 1.85 bits per heavy atom. The molecule has 0 amide bonds. The van der Waals surface area contributed by atoms with Crippen LogP contribution in [0, 0.1) is 17.1 Å². The van der Waals surface area contributed by atoms with Gasteiger partial charge in [0.25, 0.3) is 0 Å². The Labute approximate surface area is 157 Å². The summed E-state index contributed by atoms with van der Waals surface area (Å²) in [7, 11) is 0. The number of aromatic nitrogens is 2. The molecule has 2 heterocycles. The first-order valence-electron chi connectivity index (χ1n) is 9.66. The third-order valence-corrected chi connectivity index (χ3v) is 6.07. The predicted octanol–water partition coefficient (Wildman–Crippen LogP) is 4.12. The fourth-order valence-electron chi connectivity index (χ4n) is 4.28. The molecule has 0 atom stereocenters. The highest BCUT2D eigenvalue weighted by Crippen LogP contribution is 2.29. The third kappa shape index (κ3) is 2.81. The summed E-state index contributed by atoms with van der Waals surface area (Å²) in [5, 5.41) is 8.93. The molecule has 0 saturated heterocycles. The highest BCUT2D eigenvalue weighted by Gasteiger charge is 2.27. The van der Waals surface area contributed by atoms with Crippen molar-refractivity contribution in [2.24, 2.45) is 0 Å². The summed E-state index contributed by atoms with van der Waals surface area (Å²) in [6, 6.07) is 13.5. The van der Waals surface area contributed by atoms with Crippen LogP contribution >= 0.6 is 0 Å². The lowest BCUT2D eigenvalue weighted by Gasteiger charge is -2.36. The van der Waals surface area contributed by atoms with Gasteiger partial charge in [-0.05, 0) is 48.2 Å². The molecule has 1 aliphatic carbocycles. The predicted molar refractivity (Wildman–Crippen MR) is 103 cm³/mol. The van der Waals surface area contributed by atoms with Crippen molar-refractivity contribution in [2.45, 2.75) is 38.3 Å². The maximum atomic E-state index is 14.0. The molecular weight excluding hydrogens is 339 g/mol. The Hall–Kier alpha value is -2.71. The van der Waals surface area contributed by atoms with E-state index in [1.807, 2.05) is 18.2 Å². The van der Waals surface area contributed by atoms with Crippen LogP contribution in [-0.4, -0.2) is 33.6 Å². The normalized spacial score (nSPS) is 17.9. The molecule has 0 spiro atoms. The van der Waals surface area contributed by atoms with Gasteiger partial charge in [0, 0.05) is 32.1 Å². The van der Waals surface area contributed by atoms with Crippen LogP contribution in [0.3, 0.4) is 0 Å². The lowest BCUT2D eigenvalue weighted by atomic mass is 9.91. The van der Waals surface area contributed by atoms with Gasteiger partial charge >= 0.3 is 0 Å². The summed E-state index contributed by atoms with van der Waals surface area (Å²) < 4.78 is 16.4. The van der Waals surface area contributed by atoms with E-state index in [2.05, 4.69) is 15.5 Å². The quantitative estimate of drug-likeness (QED) is 0.690. The van der Waals surface area contributed by atoms with Crippen LogP contribution in [0.15, 0.2) is 36.4 Å². The van der Waals surface area contributed by atoms with Crippen molar-refractivity contribution < 1.29 is 4.39 Å². The van der Waals surface area contributed by atoms with Crippen LogP contribution in [0.2, 0.25) is 0 Å². The van der Waals surface area contributed by atoms with Crippen molar-refractivity contribution in [3.05, 3.63) is 53.6 Å². The van der Waals surface area contributed by atoms with E-state index < -0.39 is 5.82 Å². The molecule has 5 heteroatoms. The monoisotopic (exact) mass is 360 g/mol. The first-order chi connectivity index (χ1) is 13.2. The molecule has 4 nitrogen and oxygen atoms in total. The third-order valence-electron chi connectivity index (χ3n) is 6.07. The number of hydrogen-bond donors (Lipinski definition) is 0. The maximum absolute atomic E-state index is 14.0. The minimum Gasteiger partial charge on any atom is -0.327 e. The second-order valence-corrected chi connectivity index (χ2v) is 7.56. The topological polar surface area (TPSA) is 44.9 Å². The van der Waals surface area contributed by atoms with E-state index >= 15 is 0 Å². The number of nitriles is 1.